The molecule has 3 fully saturated rings. The summed E-state index contributed by atoms with van der Waals surface area (Å²) >= 11 is 24.1. The number of aliphatic hydroxyl groups is 8. The van der Waals surface area contributed by atoms with Crippen molar-refractivity contribution < 1.29 is 83.7 Å². The van der Waals surface area contributed by atoms with Crippen LogP contribution in [0.25, 0.3) is 44.2 Å². The van der Waals surface area contributed by atoms with Crippen LogP contribution in [-0.4, -0.2) is 199 Å². The van der Waals surface area contributed by atoms with Crippen molar-refractivity contribution in [3.63, 3.8) is 0 Å². The number of fused-ring (bicyclic) bond motifs is 3. The molecule has 36 heteroatoms. The van der Waals surface area contributed by atoms with Crippen LogP contribution in [0.4, 0.5) is 21.2 Å². The average Bonchev–Trinajstić information content (AvgIpc) is 1.62. The second kappa shape index (κ2) is 37.4. The summed E-state index contributed by atoms with van der Waals surface area (Å²) in [6.45, 7) is 13.3. The molecular weight excluding hydrogens is 1580 g/mol. The summed E-state index contributed by atoms with van der Waals surface area (Å²) < 4.78 is 38.9. The van der Waals surface area contributed by atoms with Gasteiger partial charge < -0.3 is 88.3 Å². The van der Waals surface area contributed by atoms with Crippen LogP contribution in [0.15, 0.2) is 183 Å². The van der Waals surface area contributed by atoms with Crippen molar-refractivity contribution in [2.75, 3.05) is 31.4 Å². The average molecular weight is 1670 g/mol. The van der Waals surface area contributed by atoms with Gasteiger partial charge in [0.15, 0.2) is 30.6 Å². The van der Waals surface area contributed by atoms with E-state index in [9.17, 15) is 55.2 Å². The molecule has 2 amide bonds. The molecule has 14 rings (SSSR count). The number of esters is 1. The molecule has 0 saturated carbocycles. The topological polar surface area (TPSA) is 417 Å². The van der Waals surface area contributed by atoms with Gasteiger partial charge in [0.05, 0.1) is 21.7 Å². The first-order valence-corrected chi connectivity index (χ1v) is 37.0. The van der Waals surface area contributed by atoms with Gasteiger partial charge in [-0.05, 0) is 143 Å². The number of nitrogens with two attached hydrogens (primary N) is 1. The van der Waals surface area contributed by atoms with Crippen LogP contribution in [0.5, 0.6) is 0 Å². The monoisotopic (exact) mass is 1670 g/mol. The molecule has 5 aromatic carbocycles. The number of benzene rings is 5. The summed E-state index contributed by atoms with van der Waals surface area (Å²) in [4.78, 5) is 61.6. The van der Waals surface area contributed by atoms with Crippen LogP contribution in [-0.2, 0) is 28.4 Å². The number of nitrogens with one attached hydrogen (secondary N) is 2. The van der Waals surface area contributed by atoms with Gasteiger partial charge in [-0.1, -0.05) is 125 Å². The quantitative estimate of drug-likeness (QED) is 0.0107. The third kappa shape index (κ3) is 20.2. The Balaban J connectivity index is 0.000000172. The normalized spacial score (nSPS) is 22.0. The number of hydrogen-bond donors (Lipinski definition) is 11. The lowest BCUT2D eigenvalue weighted by Crippen LogP contribution is -2.38. The number of rotatable bonds is 16. The smallest absolute Gasteiger partial charge is 0.428 e. The van der Waals surface area contributed by atoms with E-state index >= 15 is 0 Å². The van der Waals surface area contributed by atoms with E-state index in [1.165, 1.54) is 37.6 Å². The molecule has 0 spiro atoms. The molecule has 0 bridgehead atoms. The van der Waals surface area contributed by atoms with E-state index in [2.05, 4.69) is 40.6 Å². The summed E-state index contributed by atoms with van der Waals surface area (Å²) in [6, 6.07) is 41.8. The van der Waals surface area contributed by atoms with Crippen molar-refractivity contribution in [1.82, 2.24) is 53.6 Å². The number of halogens is 5. The Morgan fingerprint density at radius 2 is 0.886 bits per heavy atom. The zero-order valence-electron chi connectivity index (χ0n) is 62.9. The van der Waals surface area contributed by atoms with Gasteiger partial charge in [0, 0.05) is 54.3 Å². The van der Waals surface area contributed by atoms with Gasteiger partial charge in [-0.25, -0.2) is 60.1 Å². The highest BCUT2D eigenvalue weighted by Gasteiger charge is 2.51. The fourth-order valence-corrected chi connectivity index (χ4v) is 13.1. The van der Waals surface area contributed by atoms with Crippen molar-refractivity contribution in [1.29, 1.82) is 0 Å². The molecule has 3 aliphatic rings. The van der Waals surface area contributed by atoms with E-state index in [1.807, 2.05) is 55.5 Å². The Bertz CT molecular complexity index is 5050. The van der Waals surface area contributed by atoms with Crippen LogP contribution in [0.3, 0.4) is 0 Å². The fourth-order valence-electron chi connectivity index (χ4n) is 12.6. The molecular formula is C78H87Cl5N14O17. The first-order valence-electron chi connectivity index (χ1n) is 35.5. The number of nitrogens with zero attached hydrogens (tertiary/aromatic N) is 11. The van der Waals surface area contributed by atoms with Crippen LogP contribution >= 0.6 is 58.8 Å². The summed E-state index contributed by atoms with van der Waals surface area (Å²) in [5.74, 6) is 5.49. The summed E-state index contributed by atoms with van der Waals surface area (Å²) in [6.07, 6.45) is -9.61. The SMILES string of the molecule is CCNc1ncnc2c1ccn2[C@@H]1O[C@H]([C@H](O)c2ccc(Cl)cc2)[C@@H](O)[C@H]1O.CN(N)C(=O)OC(C)(C)C.CN(Nc1ncnc2c1ccn2[C@@H]1O[C@H]([C@H](O)c2ccc(Cl)cc2)[C@@H](O)[C@H]1O)C(=O)OC(C)(C)C.Cl.O=C(O[C@H](c1ccc(Cl)cc1)[C@H]1O[C@@H](n2ccc3c(Cl)ncnc32)[C@H](O)[C@@H]1O)c1ccc(-c2ccccc2)cc1. The van der Waals surface area contributed by atoms with E-state index in [1.54, 1.807) is 166 Å². The summed E-state index contributed by atoms with van der Waals surface area (Å²) in [5, 5.41) is 94.9. The minimum Gasteiger partial charge on any atom is -0.451 e. The molecule has 606 valence electrons. The van der Waals surface area contributed by atoms with Crippen molar-refractivity contribution in [2.24, 2.45) is 5.84 Å². The Labute approximate surface area is 680 Å². The van der Waals surface area contributed by atoms with Gasteiger partial charge in [0.1, 0.15) is 125 Å². The molecule has 3 saturated heterocycles. The number of carbonyl (C=O) groups excluding carboxylic acids is 3. The minimum absolute atomic E-state index is 0. The van der Waals surface area contributed by atoms with Crippen LogP contribution in [0.2, 0.25) is 20.2 Å². The maximum absolute atomic E-state index is 13.3. The number of ether oxygens (including phenoxy) is 6. The lowest BCUT2D eigenvalue weighted by molar-refractivity contribution is -0.0916. The number of hydrazine groups is 2. The first-order chi connectivity index (χ1) is 53.7. The maximum atomic E-state index is 13.3. The Morgan fingerprint density at radius 3 is 1.32 bits per heavy atom. The van der Waals surface area contributed by atoms with Crippen LogP contribution in [0, 0.1) is 0 Å². The van der Waals surface area contributed by atoms with Gasteiger partial charge >= 0.3 is 18.2 Å². The molecule has 11 aromatic rings. The third-order valence-electron chi connectivity index (χ3n) is 18.1. The molecule has 9 heterocycles. The van der Waals surface area contributed by atoms with Crippen LogP contribution < -0.4 is 16.6 Å². The van der Waals surface area contributed by atoms with E-state index in [4.69, 9.17) is 80.7 Å². The molecule has 12 N–H and O–H groups in total. The number of carbonyl (C=O) groups is 3. The molecule has 114 heavy (non-hydrogen) atoms. The second-order valence-corrected chi connectivity index (χ2v) is 30.2. The zero-order valence-corrected chi connectivity index (χ0v) is 66.7. The van der Waals surface area contributed by atoms with Gasteiger partial charge in [0.25, 0.3) is 0 Å². The summed E-state index contributed by atoms with van der Waals surface area (Å²) in [7, 11) is 2.94. The van der Waals surface area contributed by atoms with Crippen molar-refractivity contribution >= 4 is 122 Å². The maximum Gasteiger partial charge on any atom is 0.428 e. The molecule has 3 aliphatic heterocycles. The predicted octanol–water partition coefficient (Wildman–Crippen LogP) is 11.3. The Kier molecular flexibility index (Phi) is 28.5. The fraction of sp³-hybridized carbons (Fsp3) is 0.346. The molecule has 31 nitrogen and oxygen atoms in total. The highest BCUT2D eigenvalue weighted by atomic mass is 35.5. The highest BCUT2D eigenvalue weighted by molar-refractivity contribution is 6.34. The Morgan fingerprint density at radius 1 is 0.500 bits per heavy atom. The molecule has 0 unspecified atom stereocenters. The lowest BCUT2D eigenvalue weighted by atomic mass is 9.98. The number of aliphatic hydroxyl groups excluding tert-OH is 8. The van der Waals surface area contributed by atoms with E-state index in [0.717, 1.165) is 26.5 Å². The van der Waals surface area contributed by atoms with Gasteiger partial charge in [-0.2, -0.15) is 0 Å². The van der Waals surface area contributed by atoms with Gasteiger partial charge in [0.2, 0.25) is 0 Å². The standard InChI is InChI=1S/C30H23Cl2N3O5.C23H28ClN5O6.C19H21ClN4O4.C6H14N2O2.ClH/c31-21-12-10-19(11-13-21)25(40-30(38)20-8-6-18(7-9-20)17-4-2-1-3-5-17)26-23(36)24(37)29(39-26)35-15-14-22-27(32)33-16-34-28(22)35;1-23(2,3)35-22(33)28(4)27-19-14-9-10-29(20(14)26-11-25-19)21-17(32)16(31)18(34-21)15(30)12-5-7-13(24)8-6-12;1-2-21-17-12-7-8-24(18(12)23-9-22-17)19-15(27)14(26)16(28-19)13(25)10-3-5-11(20)6-4-10;1-6(2,3)10-5(9)8(4)7;/h1-16,23-26,29,36-37H;5-11,15-18,21,30-32H,1-4H3,(H,25,26,27);3-9,13-16,19,25-27H,2H2,1H3,(H,21,22,23);7H2,1-4H3;1H/t23-,24+,25+,26-,29+;15-,16+,17-,18-,21-;13-,14+,15-,16-,19-;;/m011../s1. The van der Waals surface area contributed by atoms with Crippen molar-refractivity contribution in [3.05, 3.63) is 226 Å². The van der Waals surface area contributed by atoms with Crippen LogP contribution in [0.1, 0.15) is 113 Å². The molecule has 15 atom stereocenters. The first kappa shape index (κ1) is 86.9. The largest absolute Gasteiger partial charge is 0.451 e. The number of anilines is 2. The lowest BCUT2D eigenvalue weighted by Gasteiger charge is -2.26. The third-order valence-corrected chi connectivity index (χ3v) is 19.2. The molecule has 6 aromatic heterocycles. The van der Waals surface area contributed by atoms with E-state index in [-0.39, 0.29) is 17.6 Å². The second-order valence-electron chi connectivity index (χ2n) is 28.5. The predicted molar refractivity (Wildman–Crippen MR) is 427 cm³/mol. The van der Waals surface area contributed by atoms with E-state index < -0.39 is 121 Å². The van der Waals surface area contributed by atoms with Gasteiger partial charge in [-0.3, -0.25) is 5.43 Å². The van der Waals surface area contributed by atoms with Gasteiger partial charge in [-0.15, -0.1) is 12.4 Å². The number of amides is 2. The Hall–Kier alpha value is -9.46. The molecule has 0 radical (unpaired) electrons. The minimum atomic E-state index is -1.39. The van der Waals surface area contributed by atoms with Crippen molar-refractivity contribution in [3.8, 4) is 11.1 Å². The highest BCUT2D eigenvalue weighted by Crippen LogP contribution is 2.43. The molecule has 0 aliphatic carbocycles. The van der Waals surface area contributed by atoms with E-state index in [0.29, 0.717) is 83.2 Å². The van der Waals surface area contributed by atoms with Crippen molar-refractivity contribution in [2.45, 2.75) is 152 Å². The number of aromatic nitrogens is 9. The number of hydrogen-bond acceptors (Lipinski definition) is 26. The summed E-state index contributed by atoms with van der Waals surface area (Å²) in [5.41, 5.74) is 6.98. The zero-order chi connectivity index (χ0) is 81.5.